The number of nitrogens with zero attached hydrogens (tertiary/aromatic N) is 14. The van der Waals surface area contributed by atoms with Gasteiger partial charge in [-0.05, 0) is 84.9 Å². The Hall–Kier alpha value is -11.5. The van der Waals surface area contributed by atoms with Gasteiger partial charge in [-0.15, -0.1) is 0 Å². The lowest BCUT2D eigenvalue weighted by atomic mass is 10.2. The number of amides is 3. The highest BCUT2D eigenvalue weighted by Gasteiger charge is 2.22. The highest BCUT2D eigenvalue weighted by molar-refractivity contribution is 9.11. The number of primary amides is 1. The van der Waals surface area contributed by atoms with E-state index >= 15 is 0 Å². The van der Waals surface area contributed by atoms with Crippen LogP contribution in [-0.4, -0.2) is 119 Å². The molecule has 4 aromatic carbocycles. The van der Waals surface area contributed by atoms with Crippen molar-refractivity contribution in [1.29, 1.82) is 0 Å². The fraction of sp³-hybridized carbons (Fsp3) is 0.0333. The SMILES string of the molecule is COC(=O)c1nccnc1N.COC(=O)c1nccnc1NC(=O)c1cc(Br)ccc1F.Fc1ccc(Br)cc1-c1nc(Nc2ccncc2)c2nccnc2n1.NC(=O)c1nccnc1NC(=O)c1cc(Br)ccc1F.O=c1[nH]c(-c2cc(Br)ccc2F)nc2nccnc12. The Morgan fingerprint density at radius 1 is 0.469 bits per heavy atom. The van der Waals surface area contributed by atoms with Crippen LogP contribution in [0.2, 0.25) is 0 Å². The minimum Gasteiger partial charge on any atom is -0.464 e. The lowest BCUT2D eigenvalue weighted by Crippen LogP contribution is -2.21. The van der Waals surface area contributed by atoms with Crippen LogP contribution in [0.15, 0.2) is 182 Å². The molecule has 8 aromatic heterocycles. The molecule has 0 fully saturated rings. The van der Waals surface area contributed by atoms with Crippen molar-refractivity contribution >= 4 is 145 Å². The average molecular weight is 1560 g/mol. The van der Waals surface area contributed by atoms with E-state index in [1.165, 1.54) is 112 Å². The zero-order valence-electron chi connectivity index (χ0n) is 48.7. The molecule has 96 heavy (non-hydrogen) atoms. The number of carbonyl (C=O) groups excluding carboxylic acids is 5. The lowest BCUT2D eigenvalue weighted by molar-refractivity contribution is 0.0586. The maximum absolute atomic E-state index is 14.2. The Morgan fingerprint density at radius 2 is 0.906 bits per heavy atom. The number of nitrogen functional groups attached to an aromatic ring is 1. The molecular weight excluding hydrogens is 1520 g/mol. The predicted molar refractivity (Wildman–Crippen MR) is 353 cm³/mol. The number of hydrogen-bond donors (Lipinski definition) is 6. The summed E-state index contributed by atoms with van der Waals surface area (Å²) >= 11 is 12.9. The van der Waals surface area contributed by atoms with Crippen LogP contribution in [0.4, 0.5) is 46.5 Å². The number of fused-ring (bicyclic) bond motifs is 2. The average Bonchev–Trinajstić information content (AvgIpc) is 0.801. The largest absolute Gasteiger partial charge is 0.464 e. The number of nitrogens with one attached hydrogen (secondary N) is 4. The van der Waals surface area contributed by atoms with E-state index in [1.54, 1.807) is 48.9 Å². The number of carbonyl (C=O) groups is 5. The third kappa shape index (κ3) is 18.6. The zero-order chi connectivity index (χ0) is 69.0. The fourth-order valence-electron chi connectivity index (χ4n) is 7.57. The summed E-state index contributed by atoms with van der Waals surface area (Å²) in [6, 6.07) is 20.4. The predicted octanol–water partition coefficient (Wildman–Crippen LogP) is 10.4. The maximum Gasteiger partial charge on any atom is 0.360 e. The molecule has 12 aromatic rings. The molecule has 0 aliphatic carbocycles. The highest BCUT2D eigenvalue weighted by Crippen LogP contribution is 2.29. The number of anilines is 5. The number of methoxy groups -OCH3 is 2. The number of aromatic amines is 1. The van der Waals surface area contributed by atoms with Crippen molar-refractivity contribution in [3.05, 3.63) is 239 Å². The maximum atomic E-state index is 14.2. The molecule has 0 unspecified atom stereocenters. The van der Waals surface area contributed by atoms with E-state index in [0.717, 1.165) is 22.3 Å². The standard InChI is InChI=1S/C17H10BrFN6.C13H9BrFN3O3.C12H8BrFN4O2.C12H6BrFN4O.C6H7N3O2/c18-10-1-2-13(19)12(9-10)15-24-16-14(21-7-8-22-16)17(25-15)23-11-3-5-20-6-4-11;1-21-13(20)10-11(17-5-4-16-10)18-12(19)8-6-7(14)2-3-9(8)15;13-6-1-2-8(14)7(5-6)12(20)18-11-9(10(15)19)16-3-4-17-11;13-6-1-2-8(14)7(5-6)10-17-11-9(12(19)18-10)15-3-4-16-11;1-11-6(10)4-5(7)9-3-2-8-4/h1-9H,(H,20,22,23,24,25);2-6H,1H3,(H,17,18,19);1-5H,(H2,15,19)(H,17,18,20);1-5H,(H,16,17,18,19);2-3H,1H3,(H2,7,9). The van der Waals surface area contributed by atoms with Crippen molar-refractivity contribution in [2.45, 2.75) is 0 Å². The fourth-order valence-corrected chi connectivity index (χ4v) is 9.02. The van der Waals surface area contributed by atoms with E-state index in [0.29, 0.717) is 30.4 Å². The van der Waals surface area contributed by atoms with Crippen molar-refractivity contribution in [2.24, 2.45) is 5.73 Å². The molecule has 12 rings (SSSR count). The molecule has 0 bridgehead atoms. The van der Waals surface area contributed by atoms with E-state index in [4.69, 9.17) is 11.5 Å². The Morgan fingerprint density at radius 3 is 1.46 bits per heavy atom. The highest BCUT2D eigenvalue weighted by atomic mass is 79.9. The molecule has 28 nitrogen and oxygen atoms in total. The van der Waals surface area contributed by atoms with Crippen LogP contribution < -0.4 is 33.0 Å². The van der Waals surface area contributed by atoms with Gasteiger partial charge in [-0.25, -0.2) is 91.9 Å². The number of ether oxygens (including phenoxy) is 2. The number of nitrogens with two attached hydrogens (primary N) is 2. The summed E-state index contributed by atoms with van der Waals surface area (Å²) in [5.74, 6) is -5.32. The summed E-state index contributed by atoms with van der Waals surface area (Å²) in [7, 11) is 2.44. The van der Waals surface area contributed by atoms with E-state index in [-0.39, 0.29) is 79.6 Å². The van der Waals surface area contributed by atoms with E-state index in [2.05, 4.69) is 164 Å². The van der Waals surface area contributed by atoms with Gasteiger partial charge in [0.05, 0.1) is 36.5 Å². The molecule has 0 aliphatic heterocycles. The molecule has 0 atom stereocenters. The van der Waals surface area contributed by atoms with Gasteiger partial charge in [0.2, 0.25) is 0 Å². The van der Waals surface area contributed by atoms with Gasteiger partial charge in [0.25, 0.3) is 23.3 Å². The Balaban J connectivity index is 0.000000156. The zero-order valence-corrected chi connectivity index (χ0v) is 55.1. The van der Waals surface area contributed by atoms with Crippen LogP contribution in [0.5, 0.6) is 0 Å². The molecule has 0 aliphatic rings. The van der Waals surface area contributed by atoms with Gasteiger partial charge in [-0.1, -0.05) is 63.7 Å². The first-order valence-electron chi connectivity index (χ1n) is 26.6. The summed E-state index contributed by atoms with van der Waals surface area (Å²) in [5, 5.41) is 7.80. The van der Waals surface area contributed by atoms with Gasteiger partial charge in [-0.3, -0.25) is 24.2 Å². The van der Waals surface area contributed by atoms with Gasteiger partial charge in [0, 0.05) is 97.9 Å². The third-order valence-electron chi connectivity index (χ3n) is 11.9. The van der Waals surface area contributed by atoms with Crippen LogP contribution in [0.1, 0.15) is 52.2 Å². The Labute approximate surface area is 570 Å². The normalized spacial score (nSPS) is 10.3. The molecule has 0 saturated heterocycles. The summed E-state index contributed by atoms with van der Waals surface area (Å²) in [6.45, 7) is 0. The first-order chi connectivity index (χ1) is 46.1. The summed E-state index contributed by atoms with van der Waals surface area (Å²) < 4.78 is 66.7. The molecule has 0 radical (unpaired) electrons. The number of pyridine rings is 1. The number of halogens is 8. The molecule has 484 valence electrons. The van der Waals surface area contributed by atoms with Crippen LogP contribution in [-0.2, 0) is 9.47 Å². The van der Waals surface area contributed by atoms with E-state index in [1.807, 2.05) is 0 Å². The smallest absolute Gasteiger partial charge is 0.360 e. The second-order valence-electron chi connectivity index (χ2n) is 18.2. The summed E-state index contributed by atoms with van der Waals surface area (Å²) in [5.41, 5.74) is 11.7. The van der Waals surface area contributed by atoms with Crippen molar-refractivity contribution in [3.8, 4) is 22.8 Å². The number of rotatable bonds is 11. The number of aromatic nitrogens is 15. The Bertz CT molecular complexity index is 4940. The second-order valence-corrected chi connectivity index (χ2v) is 21.8. The van der Waals surface area contributed by atoms with Crippen LogP contribution >= 0.6 is 63.7 Å². The third-order valence-corrected chi connectivity index (χ3v) is 13.9. The molecule has 36 heteroatoms. The van der Waals surface area contributed by atoms with Crippen molar-refractivity contribution < 1.29 is 51.0 Å². The van der Waals surface area contributed by atoms with Gasteiger partial charge in [0.1, 0.15) is 29.1 Å². The van der Waals surface area contributed by atoms with Crippen LogP contribution in [0, 0.1) is 23.3 Å². The van der Waals surface area contributed by atoms with Crippen LogP contribution in [0.3, 0.4) is 0 Å². The van der Waals surface area contributed by atoms with Gasteiger partial charge >= 0.3 is 11.9 Å². The van der Waals surface area contributed by atoms with Crippen molar-refractivity contribution in [2.75, 3.05) is 35.9 Å². The Kier molecular flexibility index (Phi) is 24.5. The number of esters is 2. The number of H-pyrrole nitrogens is 1. The quantitative estimate of drug-likeness (QED) is 0.0517. The van der Waals surface area contributed by atoms with E-state index < -0.39 is 58.5 Å². The number of benzene rings is 4. The minimum absolute atomic E-state index is 0.0509. The minimum atomic E-state index is -0.844. The summed E-state index contributed by atoms with van der Waals surface area (Å²) in [6.07, 6.45) is 17.1. The van der Waals surface area contributed by atoms with Crippen LogP contribution in [0.25, 0.3) is 45.1 Å². The molecule has 3 amide bonds. The van der Waals surface area contributed by atoms with Gasteiger partial charge in [-0.2, -0.15) is 0 Å². The first-order valence-corrected chi connectivity index (χ1v) is 29.7. The van der Waals surface area contributed by atoms with Crippen molar-refractivity contribution in [3.63, 3.8) is 0 Å². The molecule has 0 spiro atoms. The molecule has 8 N–H and O–H groups in total. The molecular formula is C60H40Br4F4N20O8. The molecule has 0 saturated carbocycles. The summed E-state index contributed by atoms with van der Waals surface area (Å²) in [4.78, 5) is 128. The first kappa shape index (κ1) is 70.4. The van der Waals surface area contributed by atoms with E-state index in [9.17, 15) is 46.3 Å². The number of hydrogen-bond acceptors (Lipinski definition) is 24. The second kappa shape index (κ2) is 33.4. The lowest BCUT2D eigenvalue weighted by Gasteiger charge is -2.10. The monoisotopic (exact) mass is 1560 g/mol. The molecule has 8 heterocycles. The van der Waals surface area contributed by atoms with Crippen molar-refractivity contribution in [1.82, 2.24) is 74.8 Å². The topological polar surface area (TPSA) is 405 Å². The van der Waals surface area contributed by atoms with Gasteiger partial charge < -0.3 is 41.9 Å². The van der Waals surface area contributed by atoms with Gasteiger partial charge in [0.15, 0.2) is 68.5 Å².